The Balaban J connectivity index is 2.54. The van der Waals surface area contributed by atoms with Crippen molar-refractivity contribution in [3.05, 3.63) is 60.7 Å². The first-order chi connectivity index (χ1) is 17.5. The zero-order valence-electron chi connectivity index (χ0n) is 24.8. The molecule has 2 aromatic rings. The van der Waals surface area contributed by atoms with Crippen LogP contribution in [0.5, 0.6) is 0 Å². The van der Waals surface area contributed by atoms with Crippen LogP contribution >= 0.6 is 22.6 Å². The van der Waals surface area contributed by atoms with Crippen molar-refractivity contribution in [2.45, 2.75) is 87.6 Å². The summed E-state index contributed by atoms with van der Waals surface area (Å²) in [5.74, 6) is -0.283. The van der Waals surface area contributed by atoms with Crippen LogP contribution in [0.25, 0.3) is 0 Å². The largest absolute Gasteiger partial charge is 0.469 e. The minimum Gasteiger partial charge on any atom is -0.469 e. The molecule has 0 aliphatic carbocycles. The summed E-state index contributed by atoms with van der Waals surface area (Å²) in [7, 11) is -5.26. The van der Waals surface area contributed by atoms with Crippen LogP contribution in [0.1, 0.15) is 27.2 Å². The molecule has 0 saturated carbocycles. The molecule has 5 nitrogen and oxygen atoms in total. The van der Waals surface area contributed by atoms with Crippen LogP contribution in [-0.2, 0) is 22.8 Å². The normalized spacial score (nSPS) is 15.6. The van der Waals surface area contributed by atoms with E-state index >= 15 is 0 Å². The van der Waals surface area contributed by atoms with E-state index in [4.69, 9.17) is 18.0 Å². The van der Waals surface area contributed by atoms with Crippen molar-refractivity contribution in [2.24, 2.45) is 0 Å². The average Bonchev–Trinajstić information content (AvgIpc) is 2.81. The highest BCUT2D eigenvalue weighted by Gasteiger charge is 2.51. The molecule has 0 bridgehead atoms. The molecule has 0 spiro atoms. The molecule has 2 aromatic carbocycles. The summed E-state index contributed by atoms with van der Waals surface area (Å²) < 4.78 is 25.6. The number of ether oxygens (including phenoxy) is 1. The van der Waals surface area contributed by atoms with Crippen LogP contribution in [0.3, 0.4) is 0 Å². The van der Waals surface area contributed by atoms with Gasteiger partial charge in [-0.25, -0.2) is 0 Å². The zero-order chi connectivity index (χ0) is 28.8. The predicted molar refractivity (Wildman–Crippen MR) is 174 cm³/mol. The lowest BCUT2D eigenvalue weighted by atomic mass is 10.1. The second kappa shape index (κ2) is 13.7. The first kappa shape index (κ1) is 33.4. The Morgan fingerprint density at radius 2 is 1.26 bits per heavy atom. The highest BCUT2D eigenvalue weighted by atomic mass is 127. The Bertz CT molecular complexity index is 961. The number of esters is 1. The molecule has 0 aliphatic rings. The minimum absolute atomic E-state index is 0.0352. The molecule has 212 valence electrons. The van der Waals surface area contributed by atoms with Gasteiger partial charge in [-0.15, -0.1) is 0 Å². The molecular formula is C29H47IO5Si3. The van der Waals surface area contributed by atoms with Gasteiger partial charge in [0.1, 0.15) is 0 Å². The van der Waals surface area contributed by atoms with E-state index in [-0.39, 0.29) is 27.5 Å². The number of methoxy groups -OCH3 is 1. The van der Waals surface area contributed by atoms with Crippen LogP contribution in [-0.4, -0.2) is 60.8 Å². The van der Waals surface area contributed by atoms with Gasteiger partial charge < -0.3 is 18.0 Å². The van der Waals surface area contributed by atoms with E-state index in [1.807, 2.05) is 0 Å². The second-order valence-electron chi connectivity index (χ2n) is 12.7. The van der Waals surface area contributed by atoms with Crippen molar-refractivity contribution in [1.29, 1.82) is 0 Å². The van der Waals surface area contributed by atoms with Crippen LogP contribution in [0.15, 0.2) is 60.7 Å². The summed E-state index contributed by atoms with van der Waals surface area (Å²) >= 11 is 2.45. The lowest BCUT2D eigenvalue weighted by molar-refractivity contribution is -0.144. The average molecular weight is 687 g/mol. The summed E-state index contributed by atoms with van der Waals surface area (Å²) in [5, 5.41) is 2.37. The third kappa shape index (κ3) is 9.38. The molecular weight excluding hydrogens is 639 g/mol. The summed E-state index contributed by atoms with van der Waals surface area (Å²) in [6, 6.07) is 21.3. The van der Waals surface area contributed by atoms with Gasteiger partial charge in [-0.3, -0.25) is 4.79 Å². The third-order valence-corrected chi connectivity index (χ3v) is 14.3. The minimum atomic E-state index is -2.71. The van der Waals surface area contributed by atoms with Crippen molar-refractivity contribution in [3.8, 4) is 0 Å². The predicted octanol–water partition coefficient (Wildman–Crippen LogP) is 6.37. The summed E-state index contributed by atoms with van der Waals surface area (Å²) in [5.41, 5.74) is 0. The first-order valence-corrected chi connectivity index (χ1v) is 23.3. The van der Waals surface area contributed by atoms with E-state index in [1.54, 1.807) is 0 Å². The van der Waals surface area contributed by atoms with Gasteiger partial charge in [0, 0.05) is 6.61 Å². The molecule has 0 unspecified atom stereocenters. The first-order valence-electron chi connectivity index (χ1n) is 13.3. The van der Waals surface area contributed by atoms with E-state index in [1.165, 1.54) is 17.5 Å². The van der Waals surface area contributed by atoms with Gasteiger partial charge in [0.25, 0.3) is 8.32 Å². The van der Waals surface area contributed by atoms with E-state index in [0.717, 1.165) is 0 Å². The Morgan fingerprint density at radius 1 is 0.816 bits per heavy atom. The second-order valence-corrected chi connectivity index (χ2v) is 27.6. The molecule has 9 heteroatoms. The lowest BCUT2D eigenvalue weighted by Gasteiger charge is -2.44. The van der Waals surface area contributed by atoms with E-state index < -0.39 is 31.1 Å². The topological polar surface area (TPSA) is 54.0 Å². The van der Waals surface area contributed by atoms with Crippen molar-refractivity contribution in [2.75, 3.05) is 13.7 Å². The van der Waals surface area contributed by atoms with Crippen molar-refractivity contribution in [1.82, 2.24) is 0 Å². The smallest absolute Gasteiger partial charge is 0.308 e. The van der Waals surface area contributed by atoms with Crippen LogP contribution < -0.4 is 10.4 Å². The molecule has 0 heterocycles. The maximum atomic E-state index is 12.5. The SMILES string of the molecule is COC(=O)C[C@H](O[Si](C)(C)C)[C@H](O[Si](C)(C)C)[C@@H](I)CO[Si](c1ccccc1)(c1ccccc1)C(C)(C)C. The highest BCUT2D eigenvalue weighted by molar-refractivity contribution is 14.1. The number of hydrogen-bond acceptors (Lipinski definition) is 5. The Labute approximate surface area is 247 Å². The third-order valence-electron chi connectivity index (χ3n) is 6.19. The number of carbonyl (C=O) groups is 1. The van der Waals surface area contributed by atoms with Crippen LogP contribution in [0.4, 0.5) is 0 Å². The lowest BCUT2D eigenvalue weighted by Crippen LogP contribution is -2.67. The molecule has 0 aromatic heterocycles. The quantitative estimate of drug-likeness (QED) is 0.106. The number of rotatable bonds is 13. The van der Waals surface area contributed by atoms with Gasteiger partial charge >= 0.3 is 5.97 Å². The number of benzene rings is 2. The number of carbonyl (C=O) groups excluding carboxylic acids is 1. The fourth-order valence-corrected chi connectivity index (χ4v) is 13.0. The van der Waals surface area contributed by atoms with Gasteiger partial charge in [-0.2, -0.15) is 0 Å². The van der Waals surface area contributed by atoms with Crippen molar-refractivity contribution in [3.63, 3.8) is 0 Å². The maximum Gasteiger partial charge on any atom is 0.308 e. The Kier molecular flexibility index (Phi) is 12.0. The summed E-state index contributed by atoms with van der Waals surface area (Å²) in [6.45, 7) is 20.3. The standard InChI is InChI=1S/C29H47IO5Si3/c1-29(2,3)38(23-17-13-11-14-18-23,24-19-15-12-16-20-24)33-22-25(30)28(35-37(8,9)10)26(21-27(31)32-4)34-36(5,6)7/h11-20,25-26,28H,21-22H2,1-10H3/t25-,26-,28+/m0/s1. The molecule has 0 N–H and O–H groups in total. The summed E-state index contributed by atoms with van der Waals surface area (Å²) in [4.78, 5) is 12.5. The number of halogens is 1. The van der Waals surface area contributed by atoms with Crippen molar-refractivity contribution < 1.29 is 22.8 Å². The fourth-order valence-electron chi connectivity index (χ4n) is 4.78. The van der Waals surface area contributed by atoms with E-state index in [0.29, 0.717) is 6.61 Å². The molecule has 2 rings (SSSR count). The van der Waals surface area contributed by atoms with Crippen LogP contribution in [0, 0.1) is 0 Å². The molecule has 0 amide bonds. The van der Waals surface area contributed by atoms with Gasteiger partial charge in [-0.1, -0.05) is 104 Å². The van der Waals surface area contributed by atoms with E-state index in [9.17, 15) is 4.79 Å². The van der Waals surface area contributed by atoms with Crippen LogP contribution in [0.2, 0.25) is 44.3 Å². The maximum absolute atomic E-state index is 12.5. The Morgan fingerprint density at radius 3 is 1.63 bits per heavy atom. The number of hydrogen-bond donors (Lipinski definition) is 0. The fraction of sp³-hybridized carbons (Fsp3) is 0.552. The van der Waals surface area contributed by atoms with Gasteiger partial charge in [0.05, 0.1) is 29.7 Å². The Hall–Kier alpha value is -0.829. The molecule has 0 fully saturated rings. The summed E-state index contributed by atoms with van der Waals surface area (Å²) in [6.07, 6.45) is -0.536. The molecule has 3 atom stereocenters. The number of alkyl halides is 1. The van der Waals surface area contributed by atoms with Gasteiger partial charge in [-0.05, 0) is 54.7 Å². The molecule has 0 radical (unpaired) electrons. The molecule has 38 heavy (non-hydrogen) atoms. The van der Waals surface area contributed by atoms with Crippen molar-refractivity contribution >= 4 is 63.9 Å². The highest BCUT2D eigenvalue weighted by Crippen LogP contribution is 2.37. The van der Waals surface area contributed by atoms with Gasteiger partial charge in [0.2, 0.25) is 0 Å². The zero-order valence-corrected chi connectivity index (χ0v) is 30.0. The molecule has 0 saturated heterocycles. The van der Waals surface area contributed by atoms with E-state index in [2.05, 4.69) is 143 Å². The molecule has 0 aliphatic heterocycles. The monoisotopic (exact) mass is 686 g/mol. The van der Waals surface area contributed by atoms with Gasteiger partial charge in [0.15, 0.2) is 16.6 Å².